The molecule has 0 radical (unpaired) electrons. The molecule has 1 aliphatic heterocycles. The van der Waals surface area contributed by atoms with Gasteiger partial charge in [-0.05, 0) is 36.4 Å². The van der Waals surface area contributed by atoms with Crippen molar-refractivity contribution >= 4 is 22.5 Å². The van der Waals surface area contributed by atoms with Crippen molar-refractivity contribution in [2.24, 2.45) is 0 Å². The normalized spacial score (nSPS) is 14.1. The van der Waals surface area contributed by atoms with Gasteiger partial charge in [-0.25, -0.2) is 4.98 Å². The van der Waals surface area contributed by atoms with Gasteiger partial charge in [-0.3, -0.25) is 9.78 Å². The van der Waals surface area contributed by atoms with Crippen molar-refractivity contribution in [1.29, 1.82) is 0 Å². The molecule has 5 heteroatoms. The number of anilines is 1. The number of hydrogen-bond donors (Lipinski definition) is 0. The van der Waals surface area contributed by atoms with E-state index in [1.54, 1.807) is 12.4 Å². The molecular formula is C25H22N4O. The number of carbonyl (C=O) groups excluding carboxylic acids is 1. The average Bonchev–Trinajstić information content (AvgIpc) is 2.84. The van der Waals surface area contributed by atoms with E-state index in [0.717, 1.165) is 35.2 Å². The maximum atomic E-state index is 13.5. The largest absolute Gasteiger partial charge is 0.368 e. The van der Waals surface area contributed by atoms with Gasteiger partial charge in [-0.2, -0.15) is 0 Å². The van der Waals surface area contributed by atoms with E-state index in [1.807, 2.05) is 53.4 Å². The Kier molecular flexibility index (Phi) is 4.85. The molecule has 5 rings (SSSR count). The number of aromatic nitrogens is 2. The van der Waals surface area contributed by atoms with Crippen LogP contribution < -0.4 is 4.90 Å². The zero-order valence-electron chi connectivity index (χ0n) is 16.6. The molecule has 0 bridgehead atoms. The van der Waals surface area contributed by atoms with Crippen LogP contribution in [0.25, 0.3) is 22.2 Å². The highest BCUT2D eigenvalue weighted by molar-refractivity contribution is 6.07. The van der Waals surface area contributed by atoms with Crippen LogP contribution in [0.1, 0.15) is 10.4 Å². The first kappa shape index (κ1) is 18.3. The Balaban J connectivity index is 1.45. The van der Waals surface area contributed by atoms with Crippen LogP contribution >= 0.6 is 0 Å². The van der Waals surface area contributed by atoms with Crippen LogP contribution in [0.15, 0.2) is 85.2 Å². The number of carbonyl (C=O) groups is 1. The lowest BCUT2D eigenvalue weighted by Crippen LogP contribution is -2.48. The fourth-order valence-corrected chi connectivity index (χ4v) is 4.00. The SMILES string of the molecule is O=C(c1cc(-c2ccncc2)nc2ccccc12)N1CCN(c2ccccc2)CC1. The second-order valence-electron chi connectivity index (χ2n) is 7.42. The zero-order valence-corrected chi connectivity index (χ0v) is 16.6. The Morgan fingerprint density at radius 2 is 1.50 bits per heavy atom. The number of piperazine rings is 1. The number of benzene rings is 2. The van der Waals surface area contributed by atoms with E-state index in [1.165, 1.54) is 5.69 Å². The van der Waals surface area contributed by atoms with E-state index in [0.29, 0.717) is 18.7 Å². The van der Waals surface area contributed by atoms with E-state index in [-0.39, 0.29) is 5.91 Å². The summed E-state index contributed by atoms with van der Waals surface area (Å²) < 4.78 is 0. The third-order valence-corrected chi connectivity index (χ3v) is 5.61. The second-order valence-corrected chi connectivity index (χ2v) is 7.42. The summed E-state index contributed by atoms with van der Waals surface area (Å²) in [5.41, 5.74) is 4.50. The van der Waals surface area contributed by atoms with Crippen molar-refractivity contribution in [3.8, 4) is 11.3 Å². The first-order chi connectivity index (χ1) is 14.8. The minimum atomic E-state index is 0.0663. The highest BCUT2D eigenvalue weighted by Gasteiger charge is 2.24. The zero-order chi connectivity index (χ0) is 20.3. The minimum Gasteiger partial charge on any atom is -0.368 e. The van der Waals surface area contributed by atoms with Gasteiger partial charge in [0.2, 0.25) is 0 Å². The van der Waals surface area contributed by atoms with Crippen molar-refractivity contribution in [2.45, 2.75) is 0 Å². The van der Waals surface area contributed by atoms with Crippen molar-refractivity contribution < 1.29 is 4.79 Å². The Labute approximate surface area is 175 Å². The number of amides is 1. The van der Waals surface area contributed by atoms with Gasteiger partial charge in [0.05, 0.1) is 16.8 Å². The van der Waals surface area contributed by atoms with Gasteiger partial charge in [0.25, 0.3) is 5.91 Å². The Bertz CT molecular complexity index is 1170. The number of para-hydroxylation sites is 2. The molecule has 0 atom stereocenters. The summed E-state index contributed by atoms with van der Waals surface area (Å²) in [6.45, 7) is 3.07. The number of rotatable bonds is 3. The molecule has 0 aliphatic carbocycles. The molecule has 4 aromatic rings. The lowest BCUT2D eigenvalue weighted by Gasteiger charge is -2.36. The van der Waals surface area contributed by atoms with Crippen LogP contribution in [0, 0.1) is 0 Å². The average molecular weight is 394 g/mol. The molecule has 0 saturated carbocycles. The highest BCUT2D eigenvalue weighted by Crippen LogP contribution is 2.26. The van der Waals surface area contributed by atoms with Gasteiger partial charge in [0.15, 0.2) is 0 Å². The van der Waals surface area contributed by atoms with Crippen LogP contribution in [-0.4, -0.2) is 47.0 Å². The van der Waals surface area contributed by atoms with Gasteiger partial charge in [-0.1, -0.05) is 36.4 Å². The summed E-state index contributed by atoms with van der Waals surface area (Å²) in [5, 5.41) is 0.894. The van der Waals surface area contributed by atoms with Crippen LogP contribution in [0.2, 0.25) is 0 Å². The summed E-state index contributed by atoms with van der Waals surface area (Å²) in [5.74, 6) is 0.0663. The number of pyridine rings is 2. The summed E-state index contributed by atoms with van der Waals surface area (Å²) in [4.78, 5) is 26.7. The molecule has 0 unspecified atom stereocenters. The smallest absolute Gasteiger partial charge is 0.254 e. The maximum Gasteiger partial charge on any atom is 0.254 e. The first-order valence-corrected chi connectivity index (χ1v) is 10.2. The van der Waals surface area contributed by atoms with Gasteiger partial charge >= 0.3 is 0 Å². The first-order valence-electron chi connectivity index (χ1n) is 10.2. The lowest BCUT2D eigenvalue weighted by atomic mass is 10.0. The number of fused-ring (bicyclic) bond motifs is 1. The maximum absolute atomic E-state index is 13.5. The van der Waals surface area contributed by atoms with Crippen molar-refractivity contribution in [3.05, 3.63) is 90.8 Å². The van der Waals surface area contributed by atoms with Gasteiger partial charge in [-0.15, -0.1) is 0 Å². The van der Waals surface area contributed by atoms with Crippen molar-refractivity contribution in [1.82, 2.24) is 14.9 Å². The molecule has 1 saturated heterocycles. The quantitative estimate of drug-likeness (QED) is 0.521. The summed E-state index contributed by atoms with van der Waals surface area (Å²) in [6.07, 6.45) is 3.49. The fourth-order valence-electron chi connectivity index (χ4n) is 4.00. The molecule has 2 aromatic heterocycles. The molecule has 1 aliphatic rings. The Morgan fingerprint density at radius 1 is 0.800 bits per heavy atom. The van der Waals surface area contributed by atoms with E-state index in [9.17, 15) is 4.79 Å². The Hall–Kier alpha value is -3.73. The molecule has 5 nitrogen and oxygen atoms in total. The molecule has 148 valence electrons. The molecule has 3 heterocycles. The lowest BCUT2D eigenvalue weighted by molar-refractivity contribution is 0.0748. The molecule has 0 spiro atoms. The summed E-state index contributed by atoms with van der Waals surface area (Å²) >= 11 is 0. The third kappa shape index (κ3) is 3.50. The van der Waals surface area contributed by atoms with Crippen molar-refractivity contribution in [2.75, 3.05) is 31.1 Å². The van der Waals surface area contributed by atoms with Crippen LogP contribution in [0.5, 0.6) is 0 Å². The topological polar surface area (TPSA) is 49.3 Å². The van der Waals surface area contributed by atoms with E-state index >= 15 is 0 Å². The van der Waals surface area contributed by atoms with E-state index < -0.39 is 0 Å². The molecule has 1 amide bonds. The number of hydrogen-bond acceptors (Lipinski definition) is 4. The van der Waals surface area contributed by atoms with Crippen molar-refractivity contribution in [3.63, 3.8) is 0 Å². The minimum absolute atomic E-state index is 0.0663. The Morgan fingerprint density at radius 3 is 2.27 bits per heavy atom. The van der Waals surface area contributed by atoms with Crippen LogP contribution in [-0.2, 0) is 0 Å². The van der Waals surface area contributed by atoms with Gasteiger partial charge in [0.1, 0.15) is 0 Å². The number of nitrogens with zero attached hydrogens (tertiary/aromatic N) is 4. The molecule has 2 aromatic carbocycles. The standard InChI is InChI=1S/C25H22N4O/c30-25(29-16-14-28(15-17-29)20-6-2-1-3-7-20)22-18-24(19-10-12-26-13-11-19)27-23-9-5-4-8-21(22)23/h1-13,18H,14-17H2. The summed E-state index contributed by atoms with van der Waals surface area (Å²) in [7, 11) is 0. The monoisotopic (exact) mass is 394 g/mol. The predicted octanol–water partition coefficient (Wildman–Crippen LogP) is 4.26. The van der Waals surface area contributed by atoms with Crippen LogP contribution in [0.4, 0.5) is 5.69 Å². The third-order valence-electron chi connectivity index (χ3n) is 5.61. The fraction of sp³-hybridized carbons (Fsp3) is 0.160. The van der Waals surface area contributed by atoms with Crippen LogP contribution in [0.3, 0.4) is 0 Å². The van der Waals surface area contributed by atoms with E-state index in [2.05, 4.69) is 34.1 Å². The van der Waals surface area contributed by atoms with E-state index in [4.69, 9.17) is 4.98 Å². The molecule has 1 fully saturated rings. The highest BCUT2D eigenvalue weighted by atomic mass is 16.2. The predicted molar refractivity (Wildman–Crippen MR) is 120 cm³/mol. The van der Waals surface area contributed by atoms with Gasteiger partial charge in [0, 0.05) is 55.2 Å². The molecule has 30 heavy (non-hydrogen) atoms. The second kappa shape index (κ2) is 7.95. The molecular weight excluding hydrogens is 372 g/mol. The van der Waals surface area contributed by atoms with Gasteiger partial charge < -0.3 is 9.80 Å². The molecule has 0 N–H and O–H groups in total. The summed E-state index contributed by atoms with van der Waals surface area (Å²) in [6, 6.07) is 24.0.